The van der Waals surface area contributed by atoms with Gasteiger partial charge in [-0.2, -0.15) is 0 Å². The summed E-state index contributed by atoms with van der Waals surface area (Å²) in [6.45, 7) is 1.62. The van der Waals surface area contributed by atoms with Crippen LogP contribution in [-0.2, 0) is 4.79 Å². The average molecular weight is 233 g/mol. The van der Waals surface area contributed by atoms with Gasteiger partial charge in [-0.25, -0.2) is 4.98 Å². The second kappa shape index (κ2) is 5.17. The van der Waals surface area contributed by atoms with Crippen LogP contribution in [0.15, 0.2) is 18.3 Å². The first-order valence-electron chi connectivity index (χ1n) is 6.20. The normalized spacial score (nSPS) is 16.8. The van der Waals surface area contributed by atoms with E-state index in [1.54, 1.807) is 19.2 Å². The van der Waals surface area contributed by atoms with Crippen LogP contribution in [0.4, 0.5) is 11.5 Å². The molecule has 4 heteroatoms. The molecule has 1 aromatic heterocycles. The Balaban J connectivity index is 2.21. The number of aromatic nitrogens is 1. The minimum absolute atomic E-state index is 0.0865. The van der Waals surface area contributed by atoms with E-state index >= 15 is 0 Å². The van der Waals surface area contributed by atoms with Crippen LogP contribution in [-0.4, -0.2) is 16.9 Å². The predicted molar refractivity (Wildman–Crippen MR) is 68.7 cm³/mol. The first-order chi connectivity index (χ1) is 8.18. The van der Waals surface area contributed by atoms with Crippen LogP contribution in [0.1, 0.15) is 39.0 Å². The minimum atomic E-state index is 0.0865. The number of hydrogen-bond donors (Lipinski definition) is 1. The number of nitrogens with two attached hydrogens (primary N) is 1. The van der Waals surface area contributed by atoms with Gasteiger partial charge in [0, 0.05) is 13.0 Å². The molecule has 17 heavy (non-hydrogen) atoms. The van der Waals surface area contributed by atoms with Gasteiger partial charge in [-0.05, 0) is 25.0 Å². The Morgan fingerprint density at radius 1 is 1.35 bits per heavy atom. The van der Waals surface area contributed by atoms with Crippen molar-refractivity contribution >= 4 is 17.4 Å². The van der Waals surface area contributed by atoms with Crippen molar-refractivity contribution in [3.63, 3.8) is 0 Å². The highest BCUT2D eigenvalue weighted by atomic mass is 16.2. The molecule has 1 aliphatic rings. The van der Waals surface area contributed by atoms with Crippen molar-refractivity contribution in [2.75, 3.05) is 10.6 Å². The largest absolute Gasteiger partial charge is 0.384 e. The maximum Gasteiger partial charge on any atom is 0.224 e. The van der Waals surface area contributed by atoms with Crippen molar-refractivity contribution in [3.05, 3.63) is 18.3 Å². The summed E-state index contributed by atoms with van der Waals surface area (Å²) in [6, 6.07) is 3.94. The minimum Gasteiger partial charge on any atom is -0.384 e. The summed E-state index contributed by atoms with van der Waals surface area (Å²) in [6.07, 6.45) is 7.55. The molecule has 2 N–H and O–H groups in total. The molecule has 1 saturated carbocycles. The number of nitrogens with zero attached hydrogens (tertiary/aromatic N) is 2. The van der Waals surface area contributed by atoms with Crippen molar-refractivity contribution in [2.45, 2.75) is 45.1 Å². The molecule has 1 fully saturated rings. The van der Waals surface area contributed by atoms with Crippen molar-refractivity contribution < 1.29 is 4.79 Å². The monoisotopic (exact) mass is 233 g/mol. The number of amides is 1. The highest BCUT2D eigenvalue weighted by Gasteiger charge is 2.24. The average Bonchev–Trinajstić information content (AvgIpc) is 2.33. The zero-order valence-electron chi connectivity index (χ0n) is 10.2. The standard InChI is InChI=1S/C13H19N3O/c1-10(17)16(11-5-3-2-4-6-11)12-7-8-13(14)15-9-12/h7-9,11H,2-6H2,1H3,(H2,14,15). The van der Waals surface area contributed by atoms with Gasteiger partial charge in [-0.3, -0.25) is 4.79 Å². The molecular weight excluding hydrogens is 214 g/mol. The second-order valence-electron chi connectivity index (χ2n) is 4.62. The van der Waals surface area contributed by atoms with Crippen LogP contribution in [0, 0.1) is 0 Å². The number of carbonyl (C=O) groups is 1. The maximum absolute atomic E-state index is 11.8. The van der Waals surface area contributed by atoms with E-state index in [9.17, 15) is 4.79 Å². The number of hydrogen-bond acceptors (Lipinski definition) is 3. The lowest BCUT2D eigenvalue weighted by molar-refractivity contribution is -0.117. The summed E-state index contributed by atoms with van der Waals surface area (Å²) < 4.78 is 0. The zero-order chi connectivity index (χ0) is 12.3. The van der Waals surface area contributed by atoms with E-state index in [0.717, 1.165) is 18.5 Å². The summed E-state index contributed by atoms with van der Waals surface area (Å²) in [7, 11) is 0. The molecule has 0 unspecified atom stereocenters. The lowest BCUT2D eigenvalue weighted by Gasteiger charge is -2.33. The first kappa shape index (κ1) is 11.9. The molecule has 1 aromatic rings. The fourth-order valence-electron chi connectivity index (χ4n) is 2.53. The number of carbonyl (C=O) groups excluding carboxylic acids is 1. The molecule has 0 atom stereocenters. The van der Waals surface area contributed by atoms with Crippen LogP contribution in [0.5, 0.6) is 0 Å². The zero-order valence-corrected chi connectivity index (χ0v) is 10.2. The van der Waals surface area contributed by atoms with Crippen molar-refractivity contribution in [2.24, 2.45) is 0 Å². The quantitative estimate of drug-likeness (QED) is 0.853. The Labute approximate surface area is 102 Å². The van der Waals surface area contributed by atoms with Crippen molar-refractivity contribution in [1.29, 1.82) is 0 Å². The van der Waals surface area contributed by atoms with Crippen LogP contribution in [0.25, 0.3) is 0 Å². The van der Waals surface area contributed by atoms with Gasteiger partial charge in [0.25, 0.3) is 0 Å². The van der Waals surface area contributed by atoms with Crippen LogP contribution < -0.4 is 10.6 Å². The first-order valence-corrected chi connectivity index (χ1v) is 6.20. The fourth-order valence-corrected chi connectivity index (χ4v) is 2.53. The van der Waals surface area contributed by atoms with Crippen molar-refractivity contribution in [1.82, 2.24) is 4.98 Å². The molecule has 0 saturated heterocycles. The molecule has 1 amide bonds. The van der Waals surface area contributed by atoms with Gasteiger partial charge in [0.05, 0.1) is 11.9 Å². The van der Waals surface area contributed by atoms with Crippen LogP contribution in [0.3, 0.4) is 0 Å². The van der Waals surface area contributed by atoms with Crippen LogP contribution >= 0.6 is 0 Å². The number of pyridine rings is 1. The molecule has 0 radical (unpaired) electrons. The van der Waals surface area contributed by atoms with E-state index in [0.29, 0.717) is 11.9 Å². The highest BCUT2D eigenvalue weighted by Crippen LogP contribution is 2.27. The third kappa shape index (κ3) is 2.75. The molecule has 1 aliphatic carbocycles. The third-order valence-electron chi connectivity index (χ3n) is 3.33. The summed E-state index contributed by atoms with van der Waals surface area (Å²) in [5.41, 5.74) is 6.43. The molecular formula is C13H19N3O. The Bertz CT molecular complexity index is 382. The summed E-state index contributed by atoms with van der Waals surface area (Å²) >= 11 is 0. The van der Waals surface area contributed by atoms with E-state index in [4.69, 9.17) is 5.73 Å². The third-order valence-corrected chi connectivity index (χ3v) is 3.33. The van der Waals surface area contributed by atoms with E-state index in [1.165, 1.54) is 19.3 Å². The topological polar surface area (TPSA) is 59.2 Å². The Hall–Kier alpha value is -1.58. The van der Waals surface area contributed by atoms with Gasteiger partial charge < -0.3 is 10.6 Å². The van der Waals surface area contributed by atoms with Gasteiger partial charge >= 0.3 is 0 Å². The molecule has 2 rings (SSSR count). The molecule has 4 nitrogen and oxygen atoms in total. The Morgan fingerprint density at radius 2 is 2.06 bits per heavy atom. The van der Waals surface area contributed by atoms with E-state index in [1.807, 2.05) is 11.0 Å². The van der Waals surface area contributed by atoms with Crippen molar-refractivity contribution in [3.8, 4) is 0 Å². The van der Waals surface area contributed by atoms with Gasteiger partial charge in [0.15, 0.2) is 0 Å². The van der Waals surface area contributed by atoms with Gasteiger partial charge in [0.2, 0.25) is 5.91 Å². The van der Waals surface area contributed by atoms with Gasteiger partial charge in [-0.15, -0.1) is 0 Å². The summed E-state index contributed by atoms with van der Waals surface area (Å²) in [5, 5.41) is 0. The number of anilines is 2. The second-order valence-corrected chi connectivity index (χ2v) is 4.62. The van der Waals surface area contributed by atoms with Gasteiger partial charge in [0.1, 0.15) is 5.82 Å². The lowest BCUT2D eigenvalue weighted by Crippen LogP contribution is -2.40. The smallest absolute Gasteiger partial charge is 0.224 e. The molecule has 92 valence electrons. The fraction of sp³-hybridized carbons (Fsp3) is 0.538. The summed E-state index contributed by atoms with van der Waals surface area (Å²) in [5.74, 6) is 0.573. The number of rotatable bonds is 2. The van der Waals surface area contributed by atoms with Crippen LogP contribution in [0.2, 0.25) is 0 Å². The Morgan fingerprint density at radius 3 is 2.59 bits per heavy atom. The van der Waals surface area contributed by atoms with E-state index in [2.05, 4.69) is 4.98 Å². The molecule has 1 heterocycles. The van der Waals surface area contributed by atoms with Gasteiger partial charge in [-0.1, -0.05) is 19.3 Å². The highest BCUT2D eigenvalue weighted by molar-refractivity contribution is 5.92. The van der Waals surface area contributed by atoms with E-state index < -0.39 is 0 Å². The van der Waals surface area contributed by atoms with E-state index in [-0.39, 0.29) is 5.91 Å². The molecule has 0 aromatic carbocycles. The maximum atomic E-state index is 11.8. The Kier molecular flexibility index (Phi) is 3.61. The lowest BCUT2D eigenvalue weighted by atomic mass is 9.94. The molecule has 0 aliphatic heterocycles. The molecule has 0 bridgehead atoms. The SMILES string of the molecule is CC(=O)N(c1ccc(N)nc1)C1CCCCC1. The number of nitrogen functional groups attached to an aromatic ring is 1. The predicted octanol–water partition coefficient (Wildman–Crippen LogP) is 2.35. The molecule has 0 spiro atoms. The summed E-state index contributed by atoms with van der Waals surface area (Å²) in [4.78, 5) is 17.7.